The lowest BCUT2D eigenvalue weighted by Gasteiger charge is -2.34. The van der Waals surface area contributed by atoms with E-state index in [1.54, 1.807) is 0 Å². The van der Waals surface area contributed by atoms with E-state index in [9.17, 15) is 4.79 Å². The summed E-state index contributed by atoms with van der Waals surface area (Å²) in [5.74, 6) is 0.0486. The van der Waals surface area contributed by atoms with Crippen LogP contribution in [-0.2, 0) is 17.8 Å². The van der Waals surface area contributed by atoms with Crippen LogP contribution in [0.4, 0.5) is 0 Å². The van der Waals surface area contributed by atoms with Gasteiger partial charge in [0, 0.05) is 74.6 Å². The Morgan fingerprint density at radius 3 is 2.56 bits per heavy atom. The molecule has 0 saturated carbocycles. The largest absolute Gasteiger partial charge is 0.396 e. The molecule has 0 unspecified atom stereocenters. The Morgan fingerprint density at radius 1 is 0.944 bits per heavy atom. The molecule has 4 aromatic rings. The molecule has 1 saturated heterocycles. The number of carbonyl (C=O) groups excluding carboxylic acids is 1. The van der Waals surface area contributed by atoms with Gasteiger partial charge in [0.25, 0.3) is 0 Å². The minimum absolute atomic E-state index is 0.0486. The number of nitrogens with zero attached hydrogens (tertiary/aromatic N) is 3. The van der Waals surface area contributed by atoms with Crippen LogP contribution < -0.4 is 0 Å². The molecule has 6 rings (SSSR count). The first-order chi connectivity index (χ1) is 17.7. The summed E-state index contributed by atoms with van der Waals surface area (Å²) in [4.78, 5) is 24.3. The summed E-state index contributed by atoms with van der Waals surface area (Å²) in [5, 5.41) is 10.2. The van der Waals surface area contributed by atoms with Crippen LogP contribution in [0.3, 0.4) is 0 Å². The van der Waals surface area contributed by atoms with Gasteiger partial charge in [-0.1, -0.05) is 36.4 Å². The minimum atomic E-state index is -0.0773. The second-order valence-corrected chi connectivity index (χ2v) is 9.65. The van der Waals surface area contributed by atoms with Crippen LogP contribution in [0.25, 0.3) is 27.6 Å². The molecule has 0 bridgehead atoms. The number of carbonyl (C=O) groups is 1. The van der Waals surface area contributed by atoms with Crippen LogP contribution in [0.1, 0.15) is 28.8 Å². The fourth-order valence-corrected chi connectivity index (χ4v) is 5.32. The van der Waals surface area contributed by atoms with Crippen molar-refractivity contribution in [2.75, 3.05) is 32.8 Å². The van der Waals surface area contributed by atoms with Gasteiger partial charge in [-0.05, 0) is 51.9 Å². The number of hydrogen-bond donors (Lipinski definition) is 2. The third kappa shape index (κ3) is 4.45. The number of aromatic nitrogens is 2. The van der Waals surface area contributed by atoms with Crippen molar-refractivity contribution in [1.82, 2.24) is 19.8 Å². The summed E-state index contributed by atoms with van der Waals surface area (Å²) < 4.78 is 0. The summed E-state index contributed by atoms with van der Waals surface area (Å²) in [6, 6.07) is 19.7. The number of fused-ring (bicyclic) bond motifs is 2. The predicted molar refractivity (Wildman–Crippen MR) is 142 cm³/mol. The zero-order chi connectivity index (χ0) is 24.5. The Labute approximate surface area is 210 Å². The molecular formula is C30H30N4O2. The molecule has 3 heterocycles. The average Bonchev–Trinajstić information content (AvgIpc) is 3.56. The van der Waals surface area contributed by atoms with E-state index in [1.165, 1.54) is 33.2 Å². The molecule has 182 valence electrons. The maximum absolute atomic E-state index is 12.0. The first-order valence-corrected chi connectivity index (χ1v) is 12.7. The molecule has 1 amide bonds. The molecule has 6 heteroatoms. The maximum atomic E-state index is 12.0. The number of H-pyrrole nitrogens is 1. The second kappa shape index (κ2) is 9.72. The van der Waals surface area contributed by atoms with Crippen LogP contribution in [-0.4, -0.2) is 63.6 Å². The molecule has 1 fully saturated rings. The van der Waals surface area contributed by atoms with Crippen molar-refractivity contribution in [2.45, 2.75) is 19.4 Å². The first-order valence-electron chi connectivity index (χ1n) is 12.7. The van der Waals surface area contributed by atoms with Gasteiger partial charge in [-0.15, -0.1) is 0 Å². The van der Waals surface area contributed by atoms with Crippen LogP contribution in [0.15, 0.2) is 73.1 Å². The Kier molecular flexibility index (Phi) is 6.13. The van der Waals surface area contributed by atoms with E-state index in [2.05, 4.69) is 70.6 Å². The molecule has 0 atom stereocenters. The van der Waals surface area contributed by atoms with E-state index in [4.69, 9.17) is 10.1 Å². The summed E-state index contributed by atoms with van der Waals surface area (Å²) in [6.45, 7) is 3.97. The number of pyridine rings is 1. The molecule has 2 aliphatic rings. The van der Waals surface area contributed by atoms with Crippen LogP contribution >= 0.6 is 0 Å². The summed E-state index contributed by atoms with van der Waals surface area (Å²) in [5.41, 5.74) is 9.57. The number of rotatable bonds is 6. The van der Waals surface area contributed by atoms with Gasteiger partial charge in [0.1, 0.15) is 0 Å². The zero-order valence-electron chi connectivity index (χ0n) is 20.3. The Morgan fingerprint density at radius 2 is 1.75 bits per heavy atom. The Hall–Kier alpha value is -3.74. The molecule has 0 radical (unpaired) electrons. The molecule has 2 aromatic heterocycles. The monoisotopic (exact) mass is 478 g/mol. The van der Waals surface area contributed by atoms with Gasteiger partial charge in [0.2, 0.25) is 5.91 Å². The van der Waals surface area contributed by atoms with Crippen molar-refractivity contribution < 1.29 is 9.90 Å². The Bertz CT molecular complexity index is 1430. The molecule has 1 aliphatic carbocycles. The van der Waals surface area contributed by atoms with E-state index in [0.717, 1.165) is 55.9 Å². The molecule has 1 aliphatic heterocycles. The van der Waals surface area contributed by atoms with Gasteiger partial charge < -0.3 is 15.0 Å². The quantitative estimate of drug-likeness (QED) is 0.435. The highest BCUT2D eigenvalue weighted by molar-refractivity contribution is 5.90. The number of benzene rings is 2. The normalized spacial score (nSPS) is 15.8. The minimum Gasteiger partial charge on any atom is -0.396 e. The van der Waals surface area contributed by atoms with E-state index in [0.29, 0.717) is 0 Å². The molecule has 2 aromatic carbocycles. The van der Waals surface area contributed by atoms with Gasteiger partial charge in [-0.3, -0.25) is 14.7 Å². The van der Waals surface area contributed by atoms with Gasteiger partial charge >= 0.3 is 0 Å². The smallest absolute Gasteiger partial charge is 0.224 e. The second-order valence-electron chi connectivity index (χ2n) is 9.65. The van der Waals surface area contributed by atoms with Gasteiger partial charge in [0.05, 0.1) is 12.3 Å². The third-order valence-electron chi connectivity index (χ3n) is 7.37. The molecular weight excluding hydrogens is 448 g/mol. The molecule has 36 heavy (non-hydrogen) atoms. The maximum Gasteiger partial charge on any atom is 0.224 e. The lowest BCUT2D eigenvalue weighted by Crippen LogP contribution is -2.48. The highest BCUT2D eigenvalue weighted by Crippen LogP contribution is 2.35. The molecule has 0 spiro atoms. The number of hydrogen-bond acceptors (Lipinski definition) is 4. The number of aromatic amines is 1. The standard InChI is InChI=1S/C30H30N4O2/c35-16-10-30(36)34-14-12-33(13-15-34)20-21-1-3-22(4-2-21)25-18-27-26(6-8-29(27)32-19-25)23-5-7-28-24(17-23)9-11-31-28/h1-7,9,11,17-19,31,35H,8,10,12-16,20H2. The number of piperazine rings is 1. The topological polar surface area (TPSA) is 72.5 Å². The highest BCUT2D eigenvalue weighted by Gasteiger charge is 2.21. The van der Waals surface area contributed by atoms with E-state index >= 15 is 0 Å². The van der Waals surface area contributed by atoms with Gasteiger partial charge in [0.15, 0.2) is 0 Å². The predicted octanol–water partition coefficient (Wildman–Crippen LogP) is 4.24. The third-order valence-corrected chi connectivity index (χ3v) is 7.37. The molecule has 2 N–H and O–H groups in total. The zero-order valence-corrected chi connectivity index (χ0v) is 20.3. The van der Waals surface area contributed by atoms with E-state index in [-0.39, 0.29) is 18.9 Å². The van der Waals surface area contributed by atoms with Crippen molar-refractivity contribution in [3.05, 3.63) is 95.5 Å². The fourth-order valence-electron chi connectivity index (χ4n) is 5.32. The lowest BCUT2D eigenvalue weighted by atomic mass is 9.97. The fraction of sp³-hybridized carbons (Fsp3) is 0.267. The Balaban J connectivity index is 1.15. The van der Waals surface area contributed by atoms with E-state index < -0.39 is 0 Å². The van der Waals surface area contributed by atoms with Gasteiger partial charge in [-0.25, -0.2) is 0 Å². The van der Waals surface area contributed by atoms with Crippen molar-refractivity contribution >= 4 is 22.4 Å². The van der Waals surface area contributed by atoms with Crippen LogP contribution in [0.5, 0.6) is 0 Å². The summed E-state index contributed by atoms with van der Waals surface area (Å²) >= 11 is 0. The van der Waals surface area contributed by atoms with Crippen molar-refractivity contribution in [2.24, 2.45) is 0 Å². The lowest BCUT2D eigenvalue weighted by molar-refractivity contribution is -0.133. The van der Waals surface area contributed by atoms with Gasteiger partial charge in [-0.2, -0.15) is 0 Å². The van der Waals surface area contributed by atoms with Crippen molar-refractivity contribution in [3.63, 3.8) is 0 Å². The van der Waals surface area contributed by atoms with Crippen LogP contribution in [0, 0.1) is 0 Å². The number of aliphatic hydroxyl groups is 1. The average molecular weight is 479 g/mol. The number of aliphatic hydroxyl groups excluding tert-OH is 1. The van der Waals surface area contributed by atoms with Crippen LogP contribution in [0.2, 0.25) is 0 Å². The summed E-state index contributed by atoms with van der Waals surface area (Å²) in [7, 11) is 0. The highest BCUT2D eigenvalue weighted by atomic mass is 16.3. The van der Waals surface area contributed by atoms with Crippen molar-refractivity contribution in [1.29, 1.82) is 0 Å². The summed E-state index contributed by atoms with van der Waals surface area (Å²) in [6.07, 6.45) is 7.35. The number of nitrogens with one attached hydrogen (secondary N) is 1. The van der Waals surface area contributed by atoms with E-state index in [1.807, 2.05) is 17.3 Å². The van der Waals surface area contributed by atoms with Crippen molar-refractivity contribution in [3.8, 4) is 11.1 Å². The SMILES string of the molecule is O=C(CCO)N1CCN(Cc2ccc(-c3cnc4c(c3)C(c3ccc5[nH]ccc5c3)=CC4)cc2)CC1. The number of amides is 1. The first kappa shape index (κ1) is 22.7. The number of allylic oxidation sites excluding steroid dienone is 1. The molecule has 6 nitrogen and oxygen atoms in total.